The summed E-state index contributed by atoms with van der Waals surface area (Å²) in [6, 6.07) is 8.76. The molecule has 0 spiro atoms. The van der Waals surface area contributed by atoms with E-state index in [1.54, 1.807) is 0 Å². The van der Waals surface area contributed by atoms with Gasteiger partial charge in [0, 0.05) is 10.9 Å². The van der Waals surface area contributed by atoms with Crippen LogP contribution in [0.4, 0.5) is 0 Å². The van der Waals surface area contributed by atoms with Crippen LogP contribution in [0, 0.1) is 0 Å². The summed E-state index contributed by atoms with van der Waals surface area (Å²) in [4.78, 5) is 1.20. The quantitative estimate of drug-likeness (QED) is 0.507. The van der Waals surface area contributed by atoms with Crippen LogP contribution < -0.4 is 5.32 Å². The van der Waals surface area contributed by atoms with Crippen LogP contribution in [-0.2, 0) is 0 Å². The normalized spacial score (nSPS) is 12.6. The number of hydrogen-bond acceptors (Lipinski definition) is 2. The monoisotopic (exact) mass is 285 g/mol. The maximum Gasteiger partial charge on any atom is 0.0541 e. The Hall–Kier alpha value is -0.180. The Kier molecular flexibility index (Phi) is 8.57. The van der Waals surface area contributed by atoms with Crippen molar-refractivity contribution in [1.29, 1.82) is 0 Å². The zero-order valence-electron chi connectivity index (χ0n) is 11.4. The van der Waals surface area contributed by atoms with Crippen LogP contribution >= 0.6 is 23.4 Å². The summed E-state index contributed by atoms with van der Waals surface area (Å²) in [5, 5.41) is 4.47. The van der Waals surface area contributed by atoms with Crippen LogP contribution in [-0.4, -0.2) is 18.3 Å². The summed E-state index contributed by atoms with van der Waals surface area (Å²) in [7, 11) is 0. The minimum absolute atomic E-state index is 0.678. The molecule has 0 saturated carbocycles. The van der Waals surface area contributed by atoms with E-state index in [-0.39, 0.29) is 0 Å². The van der Waals surface area contributed by atoms with E-state index in [0.717, 1.165) is 17.3 Å². The Labute approximate surface area is 121 Å². The van der Waals surface area contributed by atoms with Crippen molar-refractivity contribution in [3.8, 4) is 0 Å². The zero-order chi connectivity index (χ0) is 13.2. The van der Waals surface area contributed by atoms with Crippen molar-refractivity contribution in [2.75, 3.05) is 12.3 Å². The maximum atomic E-state index is 6.13. The summed E-state index contributed by atoms with van der Waals surface area (Å²) < 4.78 is 0. The van der Waals surface area contributed by atoms with Gasteiger partial charge >= 0.3 is 0 Å². The molecule has 0 bridgehead atoms. The molecule has 0 saturated heterocycles. The zero-order valence-corrected chi connectivity index (χ0v) is 13.0. The van der Waals surface area contributed by atoms with Gasteiger partial charge in [0.1, 0.15) is 0 Å². The van der Waals surface area contributed by atoms with Crippen LogP contribution in [0.1, 0.15) is 39.5 Å². The van der Waals surface area contributed by atoms with Gasteiger partial charge in [-0.25, -0.2) is 0 Å². The van der Waals surface area contributed by atoms with E-state index in [1.165, 1.54) is 30.6 Å². The summed E-state index contributed by atoms with van der Waals surface area (Å²) in [6.07, 6.45) is 4.93. The molecule has 0 radical (unpaired) electrons. The summed E-state index contributed by atoms with van der Waals surface area (Å²) in [5.41, 5.74) is 0. The average molecular weight is 286 g/mol. The summed E-state index contributed by atoms with van der Waals surface area (Å²) in [5.74, 6) is 1.15. The predicted molar refractivity (Wildman–Crippen MR) is 83.8 cm³/mol. The Morgan fingerprint density at radius 3 is 2.72 bits per heavy atom. The van der Waals surface area contributed by atoms with Gasteiger partial charge < -0.3 is 5.32 Å². The van der Waals surface area contributed by atoms with Gasteiger partial charge in [-0.05, 0) is 50.1 Å². The molecule has 0 fully saturated rings. The van der Waals surface area contributed by atoms with Gasteiger partial charge in [-0.2, -0.15) is 0 Å². The third-order valence-electron chi connectivity index (χ3n) is 2.97. The predicted octanol–water partition coefficient (Wildman–Crippen LogP) is 4.99. The van der Waals surface area contributed by atoms with Crippen LogP contribution in [0.3, 0.4) is 0 Å². The van der Waals surface area contributed by atoms with E-state index in [2.05, 4.69) is 25.2 Å². The molecule has 1 aromatic carbocycles. The fourth-order valence-electron chi connectivity index (χ4n) is 1.87. The fraction of sp³-hybridized carbons (Fsp3) is 0.600. The van der Waals surface area contributed by atoms with E-state index in [1.807, 2.05) is 30.0 Å². The van der Waals surface area contributed by atoms with Gasteiger partial charge in [-0.3, -0.25) is 0 Å². The third kappa shape index (κ3) is 6.12. The minimum Gasteiger partial charge on any atom is -0.314 e. The molecule has 1 atom stereocenters. The Morgan fingerprint density at radius 2 is 2.06 bits per heavy atom. The van der Waals surface area contributed by atoms with E-state index < -0.39 is 0 Å². The van der Waals surface area contributed by atoms with Crippen molar-refractivity contribution >= 4 is 23.4 Å². The first-order valence-corrected chi connectivity index (χ1v) is 8.25. The third-order valence-corrected chi connectivity index (χ3v) is 4.57. The van der Waals surface area contributed by atoms with Gasteiger partial charge in [-0.1, -0.05) is 37.6 Å². The molecule has 18 heavy (non-hydrogen) atoms. The molecular weight excluding hydrogens is 262 g/mol. The average Bonchev–Trinajstić information content (AvgIpc) is 2.40. The van der Waals surface area contributed by atoms with Crippen molar-refractivity contribution in [3.05, 3.63) is 29.3 Å². The van der Waals surface area contributed by atoms with Crippen molar-refractivity contribution in [3.63, 3.8) is 0 Å². The van der Waals surface area contributed by atoms with E-state index in [0.29, 0.717) is 6.04 Å². The highest BCUT2D eigenvalue weighted by Crippen LogP contribution is 2.27. The number of thioether (sulfide) groups is 1. The molecular formula is C15H24ClNS. The molecule has 1 N–H and O–H groups in total. The fourth-order valence-corrected chi connectivity index (χ4v) is 3.08. The van der Waals surface area contributed by atoms with Crippen LogP contribution in [0.5, 0.6) is 0 Å². The van der Waals surface area contributed by atoms with Crippen LogP contribution in [0.25, 0.3) is 0 Å². The highest BCUT2D eigenvalue weighted by Gasteiger charge is 2.05. The van der Waals surface area contributed by atoms with Crippen molar-refractivity contribution in [1.82, 2.24) is 5.32 Å². The molecule has 0 heterocycles. The van der Waals surface area contributed by atoms with Gasteiger partial charge in [0.15, 0.2) is 0 Å². The second kappa shape index (κ2) is 9.71. The van der Waals surface area contributed by atoms with E-state index in [9.17, 15) is 0 Å². The smallest absolute Gasteiger partial charge is 0.0541 e. The van der Waals surface area contributed by atoms with Crippen LogP contribution in [0.15, 0.2) is 29.2 Å². The van der Waals surface area contributed by atoms with E-state index in [4.69, 9.17) is 11.6 Å². The number of benzene rings is 1. The van der Waals surface area contributed by atoms with Gasteiger partial charge in [-0.15, -0.1) is 11.8 Å². The largest absolute Gasteiger partial charge is 0.314 e. The maximum absolute atomic E-state index is 6.13. The Morgan fingerprint density at radius 1 is 1.28 bits per heavy atom. The molecule has 0 aromatic heterocycles. The SMILES string of the molecule is CCCNC(CC)CCCSc1ccccc1Cl. The first kappa shape index (κ1) is 15.9. The molecule has 0 aliphatic heterocycles. The molecule has 3 heteroatoms. The molecule has 1 rings (SSSR count). The second-order valence-corrected chi connectivity index (χ2v) is 6.02. The van der Waals surface area contributed by atoms with Gasteiger partial charge in [0.25, 0.3) is 0 Å². The highest BCUT2D eigenvalue weighted by atomic mass is 35.5. The topological polar surface area (TPSA) is 12.0 Å². The van der Waals surface area contributed by atoms with Gasteiger partial charge in [0.05, 0.1) is 5.02 Å². The second-order valence-electron chi connectivity index (χ2n) is 4.48. The lowest BCUT2D eigenvalue weighted by molar-refractivity contribution is 0.465. The summed E-state index contributed by atoms with van der Waals surface area (Å²) in [6.45, 7) is 5.61. The first-order valence-electron chi connectivity index (χ1n) is 6.88. The van der Waals surface area contributed by atoms with E-state index >= 15 is 0 Å². The lowest BCUT2D eigenvalue weighted by atomic mass is 10.1. The molecule has 102 valence electrons. The van der Waals surface area contributed by atoms with Crippen molar-refractivity contribution < 1.29 is 0 Å². The number of halogens is 1. The van der Waals surface area contributed by atoms with Gasteiger partial charge in [0.2, 0.25) is 0 Å². The molecule has 0 amide bonds. The number of rotatable bonds is 9. The Bertz CT molecular complexity index is 330. The molecule has 1 nitrogen and oxygen atoms in total. The minimum atomic E-state index is 0.678. The number of hydrogen-bond donors (Lipinski definition) is 1. The highest BCUT2D eigenvalue weighted by molar-refractivity contribution is 7.99. The number of nitrogens with one attached hydrogen (secondary N) is 1. The lowest BCUT2D eigenvalue weighted by Crippen LogP contribution is -2.29. The van der Waals surface area contributed by atoms with Crippen molar-refractivity contribution in [2.24, 2.45) is 0 Å². The molecule has 0 aliphatic carbocycles. The standard InChI is InChI=1S/C15H24ClNS/c1-3-11-17-13(4-2)8-7-12-18-15-10-6-5-9-14(15)16/h5-6,9-10,13,17H,3-4,7-8,11-12H2,1-2H3. The molecule has 0 aliphatic rings. The van der Waals surface area contributed by atoms with Crippen LogP contribution in [0.2, 0.25) is 5.02 Å². The van der Waals surface area contributed by atoms with Crippen molar-refractivity contribution in [2.45, 2.75) is 50.5 Å². The summed E-state index contributed by atoms with van der Waals surface area (Å²) >= 11 is 7.99. The first-order chi connectivity index (χ1) is 8.77. The lowest BCUT2D eigenvalue weighted by Gasteiger charge is -2.16. The molecule has 1 aromatic rings. The molecule has 1 unspecified atom stereocenters. The Balaban J connectivity index is 2.19.